The van der Waals surface area contributed by atoms with Crippen molar-refractivity contribution in [2.45, 2.75) is 13.8 Å². The Bertz CT molecular complexity index is 931. The van der Waals surface area contributed by atoms with E-state index in [1.807, 2.05) is 38.1 Å². The summed E-state index contributed by atoms with van der Waals surface area (Å²) in [5.74, 6) is 1.30. The van der Waals surface area contributed by atoms with Crippen molar-refractivity contribution in [1.29, 1.82) is 0 Å². The van der Waals surface area contributed by atoms with Gasteiger partial charge in [0.1, 0.15) is 17.8 Å². The summed E-state index contributed by atoms with van der Waals surface area (Å²) in [5, 5.41) is 4.45. The fraction of sp³-hybridized carbons (Fsp3) is 0.111. The minimum absolute atomic E-state index is 0.263. The number of nitrogens with one attached hydrogen (secondary N) is 1. The van der Waals surface area contributed by atoms with Gasteiger partial charge < -0.3 is 15.8 Å². The number of hydrogen-bond donors (Lipinski definition) is 2. The van der Waals surface area contributed by atoms with E-state index < -0.39 is 0 Å². The highest BCUT2D eigenvalue weighted by molar-refractivity contribution is 6.31. The molecule has 0 aliphatic carbocycles. The molecule has 0 saturated carbocycles. The van der Waals surface area contributed by atoms with Crippen LogP contribution in [0.15, 0.2) is 42.7 Å². The Morgan fingerprint density at radius 3 is 2.56 bits per heavy atom. The van der Waals surface area contributed by atoms with E-state index in [-0.39, 0.29) is 5.88 Å². The highest BCUT2D eigenvalue weighted by atomic mass is 35.5. The molecule has 1 heterocycles. The van der Waals surface area contributed by atoms with Crippen LogP contribution in [0.5, 0.6) is 11.6 Å². The third-order valence-corrected chi connectivity index (χ3v) is 4.30. The monoisotopic (exact) mass is 374 g/mol. The number of hydrogen-bond acceptors (Lipinski definition) is 5. The normalized spacial score (nSPS) is 10.6. The van der Waals surface area contributed by atoms with E-state index >= 15 is 0 Å². The zero-order chi connectivity index (χ0) is 18.0. The lowest BCUT2D eigenvalue weighted by Gasteiger charge is -2.13. The first-order valence-corrected chi connectivity index (χ1v) is 8.27. The highest BCUT2D eigenvalue weighted by Gasteiger charge is 2.12. The van der Waals surface area contributed by atoms with Crippen molar-refractivity contribution in [2.75, 3.05) is 11.1 Å². The van der Waals surface area contributed by atoms with Crippen molar-refractivity contribution >= 4 is 40.4 Å². The van der Waals surface area contributed by atoms with Crippen LogP contribution in [0.25, 0.3) is 0 Å². The minimum Gasteiger partial charge on any atom is -0.437 e. The van der Waals surface area contributed by atoms with Gasteiger partial charge in [0.15, 0.2) is 5.82 Å². The standard InChI is InChI=1S/C18H16Cl2N4O/c1-10-3-4-12(19)8-15(10)24-17-16(21)18(23-9-22-17)25-13-5-6-14(20)11(2)7-13/h3-9H,21H2,1-2H3,(H,22,23,24). The first kappa shape index (κ1) is 17.3. The van der Waals surface area contributed by atoms with Crippen LogP contribution in [0.4, 0.5) is 17.2 Å². The lowest BCUT2D eigenvalue weighted by Crippen LogP contribution is -2.04. The number of ether oxygens (including phenoxy) is 1. The molecule has 0 aliphatic heterocycles. The Kier molecular flexibility index (Phi) is 4.97. The highest BCUT2D eigenvalue weighted by Crippen LogP contribution is 2.33. The molecule has 7 heteroatoms. The Hall–Kier alpha value is -2.50. The van der Waals surface area contributed by atoms with Crippen molar-refractivity contribution in [3.05, 3.63) is 63.9 Å². The molecule has 1 aromatic heterocycles. The third-order valence-electron chi connectivity index (χ3n) is 3.64. The number of benzene rings is 2. The predicted octanol–water partition coefficient (Wildman–Crippen LogP) is 5.52. The van der Waals surface area contributed by atoms with Crippen LogP contribution in [0.1, 0.15) is 11.1 Å². The third kappa shape index (κ3) is 3.95. The molecule has 2 aromatic carbocycles. The smallest absolute Gasteiger partial charge is 0.248 e. The molecule has 5 nitrogen and oxygen atoms in total. The quantitative estimate of drug-likeness (QED) is 0.628. The SMILES string of the molecule is Cc1cc(Oc2ncnc(Nc3cc(Cl)ccc3C)c2N)ccc1Cl. The van der Waals surface area contributed by atoms with Gasteiger partial charge in [-0.3, -0.25) is 0 Å². The van der Waals surface area contributed by atoms with Crippen LogP contribution in [0.2, 0.25) is 10.0 Å². The second-order valence-corrected chi connectivity index (χ2v) is 6.38. The van der Waals surface area contributed by atoms with Crippen LogP contribution in [0.3, 0.4) is 0 Å². The average molecular weight is 375 g/mol. The Balaban J connectivity index is 1.89. The molecular weight excluding hydrogens is 359 g/mol. The summed E-state index contributed by atoms with van der Waals surface area (Å²) in [4.78, 5) is 8.30. The second-order valence-electron chi connectivity index (χ2n) is 5.54. The Morgan fingerprint density at radius 1 is 1.00 bits per heavy atom. The average Bonchev–Trinajstić information content (AvgIpc) is 2.58. The number of nitrogens with zero attached hydrogens (tertiary/aromatic N) is 2. The summed E-state index contributed by atoms with van der Waals surface area (Å²) in [6.07, 6.45) is 1.39. The van der Waals surface area contributed by atoms with E-state index in [2.05, 4.69) is 15.3 Å². The number of anilines is 3. The van der Waals surface area contributed by atoms with Crippen LogP contribution >= 0.6 is 23.2 Å². The topological polar surface area (TPSA) is 73.1 Å². The van der Waals surface area contributed by atoms with E-state index in [0.717, 1.165) is 16.8 Å². The molecule has 0 saturated heterocycles. The fourth-order valence-electron chi connectivity index (χ4n) is 2.21. The number of halogens is 2. The molecule has 0 radical (unpaired) electrons. The zero-order valence-corrected chi connectivity index (χ0v) is 15.2. The van der Waals surface area contributed by atoms with Crippen molar-refractivity contribution in [1.82, 2.24) is 9.97 Å². The van der Waals surface area contributed by atoms with Crippen LogP contribution < -0.4 is 15.8 Å². The molecule has 3 aromatic rings. The van der Waals surface area contributed by atoms with Gasteiger partial charge in [-0.05, 0) is 55.3 Å². The van der Waals surface area contributed by atoms with Gasteiger partial charge in [-0.2, -0.15) is 4.98 Å². The van der Waals surface area contributed by atoms with Crippen molar-refractivity contribution < 1.29 is 4.74 Å². The van der Waals surface area contributed by atoms with Crippen LogP contribution in [-0.2, 0) is 0 Å². The van der Waals surface area contributed by atoms with Gasteiger partial charge in [-0.25, -0.2) is 4.98 Å². The minimum atomic E-state index is 0.263. The molecule has 25 heavy (non-hydrogen) atoms. The lowest BCUT2D eigenvalue weighted by atomic mass is 10.2. The summed E-state index contributed by atoms with van der Waals surface area (Å²) in [6.45, 7) is 3.86. The molecule has 0 spiro atoms. The van der Waals surface area contributed by atoms with Gasteiger partial charge in [-0.15, -0.1) is 0 Å². The molecule has 3 rings (SSSR count). The van der Waals surface area contributed by atoms with Gasteiger partial charge >= 0.3 is 0 Å². The summed E-state index contributed by atoms with van der Waals surface area (Å²) < 4.78 is 5.78. The summed E-state index contributed by atoms with van der Waals surface area (Å²) in [7, 11) is 0. The molecule has 0 atom stereocenters. The van der Waals surface area contributed by atoms with E-state index in [0.29, 0.717) is 27.3 Å². The lowest BCUT2D eigenvalue weighted by molar-refractivity contribution is 0.464. The Labute approximate surface area is 155 Å². The van der Waals surface area contributed by atoms with E-state index in [1.54, 1.807) is 12.1 Å². The number of aryl methyl sites for hydroxylation is 2. The van der Waals surface area contributed by atoms with Gasteiger partial charge in [0, 0.05) is 15.7 Å². The van der Waals surface area contributed by atoms with E-state index in [4.69, 9.17) is 33.7 Å². The van der Waals surface area contributed by atoms with Crippen molar-refractivity contribution in [3.8, 4) is 11.6 Å². The fourth-order valence-corrected chi connectivity index (χ4v) is 2.50. The zero-order valence-electron chi connectivity index (χ0n) is 13.7. The summed E-state index contributed by atoms with van der Waals surface area (Å²) in [5.41, 5.74) is 9.19. The van der Waals surface area contributed by atoms with Crippen molar-refractivity contribution in [2.24, 2.45) is 0 Å². The van der Waals surface area contributed by atoms with Gasteiger partial charge in [0.25, 0.3) is 0 Å². The first-order chi connectivity index (χ1) is 11.9. The largest absolute Gasteiger partial charge is 0.437 e. The summed E-state index contributed by atoms with van der Waals surface area (Å²) in [6, 6.07) is 10.9. The molecule has 0 amide bonds. The van der Waals surface area contributed by atoms with Crippen molar-refractivity contribution in [3.63, 3.8) is 0 Å². The molecule has 128 valence electrons. The molecule has 0 bridgehead atoms. The number of aromatic nitrogens is 2. The van der Waals surface area contributed by atoms with Gasteiger partial charge in [-0.1, -0.05) is 29.3 Å². The maximum absolute atomic E-state index is 6.16. The second kappa shape index (κ2) is 7.17. The van der Waals surface area contributed by atoms with Crippen LogP contribution in [-0.4, -0.2) is 9.97 Å². The van der Waals surface area contributed by atoms with E-state index in [9.17, 15) is 0 Å². The van der Waals surface area contributed by atoms with Gasteiger partial charge in [0.2, 0.25) is 5.88 Å². The molecule has 0 aliphatic rings. The molecular formula is C18H16Cl2N4O. The van der Waals surface area contributed by atoms with Gasteiger partial charge in [0.05, 0.1) is 0 Å². The van der Waals surface area contributed by atoms with E-state index in [1.165, 1.54) is 6.33 Å². The summed E-state index contributed by atoms with van der Waals surface area (Å²) >= 11 is 12.1. The molecule has 0 unspecified atom stereocenters. The predicted molar refractivity (Wildman–Crippen MR) is 102 cm³/mol. The number of nitrogens with two attached hydrogens (primary N) is 1. The molecule has 3 N–H and O–H groups in total. The molecule has 0 fully saturated rings. The maximum Gasteiger partial charge on any atom is 0.248 e. The first-order valence-electron chi connectivity index (χ1n) is 7.51. The number of rotatable bonds is 4. The number of nitrogen functional groups attached to an aromatic ring is 1. The Morgan fingerprint density at radius 2 is 1.80 bits per heavy atom. The maximum atomic E-state index is 6.16. The van der Waals surface area contributed by atoms with Crippen LogP contribution in [0, 0.1) is 13.8 Å².